The highest BCUT2D eigenvalue weighted by molar-refractivity contribution is 5.76. The Balaban J connectivity index is 2.09. The van der Waals surface area contributed by atoms with Gasteiger partial charge < -0.3 is 9.67 Å². The van der Waals surface area contributed by atoms with Gasteiger partial charge in [-0.3, -0.25) is 4.79 Å². The Morgan fingerprint density at radius 1 is 1.19 bits per heavy atom. The molecule has 4 heteroatoms. The molecule has 0 aliphatic heterocycles. The van der Waals surface area contributed by atoms with Gasteiger partial charge in [-0.15, -0.1) is 0 Å². The number of hydrogen-bond acceptors (Lipinski definition) is 2. The molecule has 0 radical (unpaired) electrons. The van der Waals surface area contributed by atoms with E-state index in [-0.39, 0.29) is 6.42 Å². The fraction of sp³-hybridized carbons (Fsp3) is 0.529. The second kappa shape index (κ2) is 7.81. The van der Waals surface area contributed by atoms with Crippen molar-refractivity contribution in [2.45, 2.75) is 58.4 Å². The molecule has 0 saturated heterocycles. The summed E-state index contributed by atoms with van der Waals surface area (Å²) in [6.45, 7) is 2.71. The summed E-state index contributed by atoms with van der Waals surface area (Å²) in [5.41, 5.74) is 2.01. The summed E-state index contributed by atoms with van der Waals surface area (Å²) in [6, 6.07) is 7.96. The maximum Gasteiger partial charge on any atom is 0.305 e. The molecule has 21 heavy (non-hydrogen) atoms. The van der Waals surface area contributed by atoms with E-state index < -0.39 is 5.97 Å². The molecule has 0 saturated carbocycles. The van der Waals surface area contributed by atoms with Gasteiger partial charge in [0.25, 0.3) is 0 Å². The van der Waals surface area contributed by atoms with Crippen LogP contribution in [0.5, 0.6) is 0 Å². The highest BCUT2D eigenvalue weighted by atomic mass is 16.4. The van der Waals surface area contributed by atoms with Gasteiger partial charge in [-0.1, -0.05) is 44.7 Å². The number of para-hydroxylation sites is 2. The first-order chi connectivity index (χ1) is 10.2. The third kappa shape index (κ3) is 4.31. The number of aromatic nitrogens is 2. The van der Waals surface area contributed by atoms with Gasteiger partial charge in [0.05, 0.1) is 17.5 Å². The molecule has 0 unspecified atom stereocenters. The third-order valence-electron chi connectivity index (χ3n) is 3.79. The molecular formula is C17H24N2O2. The maximum absolute atomic E-state index is 10.8. The summed E-state index contributed by atoms with van der Waals surface area (Å²) in [4.78, 5) is 15.5. The van der Waals surface area contributed by atoms with E-state index in [0.717, 1.165) is 29.7 Å². The van der Waals surface area contributed by atoms with E-state index in [2.05, 4.69) is 16.5 Å². The zero-order valence-corrected chi connectivity index (χ0v) is 12.7. The van der Waals surface area contributed by atoms with Crippen LogP contribution in [0.1, 0.15) is 51.3 Å². The monoisotopic (exact) mass is 288 g/mol. The number of carboxylic acid groups (broad SMARTS) is 1. The standard InChI is InChI=1S/C17H24N2O2/c1-2-3-4-5-6-11-16-18-14-9-7-8-10-15(14)19(16)13-12-17(20)21/h7-10H,2-6,11-13H2,1H3,(H,20,21). The maximum atomic E-state index is 10.8. The summed E-state index contributed by atoms with van der Waals surface area (Å²) in [5.74, 6) is 0.260. The molecule has 2 aromatic rings. The molecule has 0 aliphatic rings. The van der Waals surface area contributed by atoms with Crippen LogP contribution in [0.2, 0.25) is 0 Å². The average molecular weight is 288 g/mol. The van der Waals surface area contributed by atoms with E-state index in [9.17, 15) is 4.79 Å². The van der Waals surface area contributed by atoms with Gasteiger partial charge in [0.15, 0.2) is 0 Å². The third-order valence-corrected chi connectivity index (χ3v) is 3.79. The van der Waals surface area contributed by atoms with Crippen molar-refractivity contribution in [2.75, 3.05) is 0 Å². The number of fused-ring (bicyclic) bond motifs is 1. The fourth-order valence-electron chi connectivity index (χ4n) is 2.66. The summed E-state index contributed by atoms with van der Waals surface area (Å²) < 4.78 is 2.07. The van der Waals surface area contributed by atoms with E-state index in [0.29, 0.717) is 6.54 Å². The highest BCUT2D eigenvalue weighted by Crippen LogP contribution is 2.18. The number of aliphatic carboxylic acids is 1. The first-order valence-corrected chi connectivity index (χ1v) is 7.88. The minimum atomic E-state index is -0.762. The second-order valence-electron chi connectivity index (χ2n) is 5.48. The van der Waals surface area contributed by atoms with Crippen molar-refractivity contribution in [2.24, 2.45) is 0 Å². The number of aryl methyl sites for hydroxylation is 2. The number of rotatable bonds is 9. The molecule has 1 aromatic carbocycles. The van der Waals surface area contributed by atoms with Crippen molar-refractivity contribution in [3.63, 3.8) is 0 Å². The number of imidazole rings is 1. The quantitative estimate of drug-likeness (QED) is 0.709. The van der Waals surface area contributed by atoms with Crippen LogP contribution in [0.15, 0.2) is 24.3 Å². The van der Waals surface area contributed by atoms with E-state index in [4.69, 9.17) is 5.11 Å². The van der Waals surface area contributed by atoms with Crippen molar-refractivity contribution in [3.8, 4) is 0 Å². The number of hydrogen-bond donors (Lipinski definition) is 1. The van der Waals surface area contributed by atoms with Crippen LogP contribution in [0.25, 0.3) is 11.0 Å². The van der Waals surface area contributed by atoms with Gasteiger partial charge in [-0.2, -0.15) is 0 Å². The smallest absolute Gasteiger partial charge is 0.305 e. The van der Waals surface area contributed by atoms with E-state index in [1.54, 1.807) is 0 Å². The molecule has 0 aliphatic carbocycles. The number of benzene rings is 1. The van der Waals surface area contributed by atoms with E-state index >= 15 is 0 Å². The van der Waals surface area contributed by atoms with Crippen LogP contribution >= 0.6 is 0 Å². The molecule has 0 bridgehead atoms. The van der Waals surface area contributed by atoms with Gasteiger partial charge in [-0.25, -0.2) is 4.98 Å². The largest absolute Gasteiger partial charge is 0.481 e. The molecule has 0 fully saturated rings. The van der Waals surface area contributed by atoms with Gasteiger partial charge in [0, 0.05) is 13.0 Å². The molecule has 0 spiro atoms. The Hall–Kier alpha value is -1.84. The molecule has 4 nitrogen and oxygen atoms in total. The molecular weight excluding hydrogens is 264 g/mol. The second-order valence-corrected chi connectivity index (χ2v) is 5.48. The van der Waals surface area contributed by atoms with Crippen LogP contribution < -0.4 is 0 Å². The Morgan fingerprint density at radius 2 is 1.95 bits per heavy atom. The summed E-state index contributed by atoms with van der Waals surface area (Å²) in [7, 11) is 0. The molecule has 2 rings (SSSR count). The number of unbranched alkanes of at least 4 members (excludes halogenated alkanes) is 4. The number of carbonyl (C=O) groups is 1. The Bertz CT molecular complexity index is 589. The summed E-state index contributed by atoms with van der Waals surface area (Å²) in [5, 5.41) is 8.91. The zero-order valence-electron chi connectivity index (χ0n) is 12.7. The van der Waals surface area contributed by atoms with E-state index in [1.165, 1.54) is 25.7 Å². The lowest BCUT2D eigenvalue weighted by Gasteiger charge is -2.07. The van der Waals surface area contributed by atoms with Crippen molar-refractivity contribution in [1.82, 2.24) is 9.55 Å². The fourth-order valence-corrected chi connectivity index (χ4v) is 2.66. The molecule has 0 atom stereocenters. The molecule has 1 heterocycles. The topological polar surface area (TPSA) is 55.1 Å². The number of carboxylic acids is 1. The van der Waals surface area contributed by atoms with Gasteiger partial charge in [0.1, 0.15) is 5.82 Å². The number of nitrogens with zero attached hydrogens (tertiary/aromatic N) is 2. The Labute approximate surface area is 125 Å². The van der Waals surface area contributed by atoms with Crippen LogP contribution in [0.3, 0.4) is 0 Å². The minimum Gasteiger partial charge on any atom is -0.481 e. The van der Waals surface area contributed by atoms with Gasteiger partial charge >= 0.3 is 5.97 Å². The SMILES string of the molecule is CCCCCCCc1nc2ccccc2n1CCC(=O)O. The van der Waals surface area contributed by atoms with Crippen molar-refractivity contribution < 1.29 is 9.90 Å². The average Bonchev–Trinajstić information content (AvgIpc) is 2.82. The Kier molecular flexibility index (Phi) is 5.78. The van der Waals surface area contributed by atoms with Crippen LogP contribution in [-0.2, 0) is 17.8 Å². The lowest BCUT2D eigenvalue weighted by molar-refractivity contribution is -0.137. The van der Waals surface area contributed by atoms with Crippen molar-refractivity contribution >= 4 is 17.0 Å². The van der Waals surface area contributed by atoms with Crippen molar-refractivity contribution in [3.05, 3.63) is 30.1 Å². The Morgan fingerprint density at radius 3 is 2.71 bits per heavy atom. The zero-order chi connectivity index (χ0) is 15.1. The van der Waals surface area contributed by atoms with E-state index in [1.807, 2.05) is 24.3 Å². The van der Waals surface area contributed by atoms with Crippen molar-refractivity contribution in [1.29, 1.82) is 0 Å². The lowest BCUT2D eigenvalue weighted by Crippen LogP contribution is -2.08. The van der Waals surface area contributed by atoms with Crippen LogP contribution in [0, 0.1) is 0 Å². The highest BCUT2D eigenvalue weighted by Gasteiger charge is 2.11. The van der Waals surface area contributed by atoms with Crippen LogP contribution in [0.4, 0.5) is 0 Å². The molecule has 114 valence electrons. The first-order valence-electron chi connectivity index (χ1n) is 7.88. The van der Waals surface area contributed by atoms with Gasteiger partial charge in [-0.05, 0) is 18.6 Å². The molecule has 1 aromatic heterocycles. The normalized spacial score (nSPS) is 11.1. The molecule has 0 amide bonds. The van der Waals surface area contributed by atoms with Crippen LogP contribution in [-0.4, -0.2) is 20.6 Å². The minimum absolute atomic E-state index is 0.142. The summed E-state index contributed by atoms with van der Waals surface area (Å²) >= 11 is 0. The van der Waals surface area contributed by atoms with Gasteiger partial charge in [0.2, 0.25) is 0 Å². The predicted molar refractivity (Wildman–Crippen MR) is 84.4 cm³/mol. The predicted octanol–water partition coefficient (Wildman–Crippen LogP) is 4.02. The first kappa shape index (κ1) is 15.5. The summed E-state index contributed by atoms with van der Waals surface area (Å²) in [6.07, 6.45) is 7.21. The lowest BCUT2D eigenvalue weighted by atomic mass is 10.1. The molecule has 1 N–H and O–H groups in total.